The first-order chi connectivity index (χ1) is 10.1. The normalized spacial score (nSPS) is 10.2. The second-order valence-corrected chi connectivity index (χ2v) is 4.97. The first kappa shape index (κ1) is 15.3. The number of hydrogen-bond donors (Lipinski definition) is 0. The van der Waals surface area contributed by atoms with E-state index < -0.39 is 0 Å². The van der Waals surface area contributed by atoms with Crippen LogP contribution in [-0.4, -0.2) is 24.5 Å². The lowest BCUT2D eigenvalue weighted by Crippen LogP contribution is -2.31. The van der Waals surface area contributed by atoms with E-state index in [0.717, 1.165) is 0 Å². The summed E-state index contributed by atoms with van der Waals surface area (Å²) >= 11 is 5.94. The number of amides is 1. The SMILES string of the molecule is CN(Cc1ccccc1F)C(=O)COc1ccccc1Cl. The number of ether oxygens (including phenoxy) is 1. The number of hydrogen-bond acceptors (Lipinski definition) is 2. The van der Waals surface area contributed by atoms with Crippen LogP contribution in [0.1, 0.15) is 5.56 Å². The summed E-state index contributed by atoms with van der Waals surface area (Å²) in [4.78, 5) is 13.4. The van der Waals surface area contributed by atoms with Gasteiger partial charge in [-0.1, -0.05) is 41.9 Å². The Morgan fingerprint density at radius 3 is 2.57 bits per heavy atom. The molecule has 21 heavy (non-hydrogen) atoms. The van der Waals surface area contributed by atoms with E-state index in [0.29, 0.717) is 16.3 Å². The van der Waals surface area contributed by atoms with Crippen LogP contribution >= 0.6 is 11.6 Å². The molecule has 0 radical (unpaired) electrons. The summed E-state index contributed by atoms with van der Waals surface area (Å²) in [6.45, 7) is 0.0477. The van der Waals surface area contributed by atoms with E-state index >= 15 is 0 Å². The highest BCUT2D eigenvalue weighted by molar-refractivity contribution is 6.32. The smallest absolute Gasteiger partial charge is 0.260 e. The van der Waals surface area contributed by atoms with Crippen molar-refractivity contribution in [1.82, 2.24) is 4.90 Å². The van der Waals surface area contributed by atoms with Crippen LogP contribution in [0.4, 0.5) is 4.39 Å². The minimum atomic E-state index is -0.329. The summed E-state index contributed by atoms with van der Waals surface area (Å²) < 4.78 is 18.9. The minimum absolute atomic E-state index is 0.144. The van der Waals surface area contributed by atoms with Crippen molar-refractivity contribution in [2.24, 2.45) is 0 Å². The predicted molar refractivity (Wildman–Crippen MR) is 79.8 cm³/mol. The minimum Gasteiger partial charge on any atom is -0.482 e. The van der Waals surface area contributed by atoms with Gasteiger partial charge in [-0.2, -0.15) is 0 Å². The quantitative estimate of drug-likeness (QED) is 0.846. The molecule has 0 unspecified atom stereocenters. The highest BCUT2D eigenvalue weighted by Gasteiger charge is 2.12. The van der Waals surface area contributed by atoms with Crippen LogP contribution in [0.15, 0.2) is 48.5 Å². The highest BCUT2D eigenvalue weighted by atomic mass is 35.5. The van der Waals surface area contributed by atoms with Gasteiger partial charge in [0.05, 0.1) is 5.02 Å². The molecule has 2 aromatic rings. The second-order valence-electron chi connectivity index (χ2n) is 4.56. The second kappa shape index (κ2) is 7.09. The molecule has 5 heteroatoms. The Morgan fingerprint density at radius 2 is 1.86 bits per heavy atom. The van der Waals surface area contributed by atoms with Crippen LogP contribution < -0.4 is 4.74 Å². The molecule has 0 saturated carbocycles. The van der Waals surface area contributed by atoms with Gasteiger partial charge in [0.25, 0.3) is 5.91 Å². The number of para-hydroxylation sites is 1. The fourth-order valence-electron chi connectivity index (χ4n) is 1.78. The Balaban J connectivity index is 1.91. The molecular weight excluding hydrogens is 293 g/mol. The lowest BCUT2D eigenvalue weighted by atomic mass is 10.2. The number of rotatable bonds is 5. The number of benzene rings is 2. The van der Waals surface area contributed by atoms with Gasteiger partial charge < -0.3 is 9.64 Å². The molecule has 0 aliphatic carbocycles. The van der Waals surface area contributed by atoms with Crippen LogP contribution in [0.25, 0.3) is 0 Å². The van der Waals surface area contributed by atoms with Gasteiger partial charge in [0.1, 0.15) is 11.6 Å². The maximum absolute atomic E-state index is 13.5. The first-order valence-electron chi connectivity index (χ1n) is 6.42. The molecule has 0 heterocycles. The number of halogens is 2. The fourth-order valence-corrected chi connectivity index (χ4v) is 1.97. The Kier molecular flexibility index (Phi) is 5.17. The monoisotopic (exact) mass is 307 g/mol. The van der Waals surface area contributed by atoms with Gasteiger partial charge >= 0.3 is 0 Å². The third-order valence-electron chi connectivity index (χ3n) is 2.98. The zero-order chi connectivity index (χ0) is 15.2. The number of carbonyl (C=O) groups is 1. The van der Waals surface area contributed by atoms with E-state index in [1.54, 1.807) is 49.5 Å². The molecule has 0 atom stereocenters. The zero-order valence-corrected chi connectivity index (χ0v) is 12.3. The van der Waals surface area contributed by atoms with Crippen molar-refractivity contribution in [2.45, 2.75) is 6.54 Å². The molecule has 0 bridgehead atoms. The Bertz CT molecular complexity index is 633. The van der Waals surface area contributed by atoms with Crippen molar-refractivity contribution in [3.05, 3.63) is 64.9 Å². The molecule has 0 aliphatic rings. The molecule has 2 rings (SSSR count). The van der Waals surface area contributed by atoms with Crippen molar-refractivity contribution in [1.29, 1.82) is 0 Å². The van der Waals surface area contributed by atoms with E-state index in [9.17, 15) is 9.18 Å². The third-order valence-corrected chi connectivity index (χ3v) is 3.29. The predicted octanol–water partition coefficient (Wildman–Crippen LogP) is 3.52. The maximum Gasteiger partial charge on any atom is 0.260 e. The van der Waals surface area contributed by atoms with Crippen molar-refractivity contribution in [2.75, 3.05) is 13.7 Å². The van der Waals surface area contributed by atoms with Crippen LogP contribution in [0.5, 0.6) is 5.75 Å². The molecule has 0 saturated heterocycles. The standard InChI is InChI=1S/C16H15ClFNO2/c1-19(10-12-6-2-4-8-14(12)18)16(20)11-21-15-9-5-3-7-13(15)17/h2-9H,10-11H2,1H3. The topological polar surface area (TPSA) is 29.5 Å². The highest BCUT2D eigenvalue weighted by Crippen LogP contribution is 2.23. The van der Waals surface area contributed by atoms with Crippen molar-refractivity contribution >= 4 is 17.5 Å². The lowest BCUT2D eigenvalue weighted by Gasteiger charge is -2.18. The summed E-state index contributed by atoms with van der Waals surface area (Å²) in [5.41, 5.74) is 0.464. The van der Waals surface area contributed by atoms with E-state index in [1.807, 2.05) is 0 Å². The molecule has 0 aliphatic heterocycles. The lowest BCUT2D eigenvalue weighted by molar-refractivity contribution is -0.132. The summed E-state index contributed by atoms with van der Waals surface area (Å²) in [5, 5.41) is 0.446. The summed E-state index contributed by atoms with van der Waals surface area (Å²) in [6, 6.07) is 13.3. The van der Waals surface area contributed by atoms with E-state index in [1.165, 1.54) is 11.0 Å². The van der Waals surface area contributed by atoms with Gasteiger partial charge in [-0.15, -0.1) is 0 Å². The summed E-state index contributed by atoms with van der Waals surface area (Å²) in [6.07, 6.45) is 0. The van der Waals surface area contributed by atoms with Gasteiger partial charge in [-0.05, 0) is 18.2 Å². The van der Waals surface area contributed by atoms with Gasteiger partial charge in [0.2, 0.25) is 0 Å². The number of likely N-dealkylation sites (N-methyl/N-ethyl adjacent to an activating group) is 1. The van der Waals surface area contributed by atoms with E-state index in [2.05, 4.69) is 0 Å². The average Bonchev–Trinajstić information content (AvgIpc) is 2.48. The van der Waals surface area contributed by atoms with Crippen LogP contribution in [0.3, 0.4) is 0 Å². The van der Waals surface area contributed by atoms with Gasteiger partial charge in [0.15, 0.2) is 6.61 Å². The van der Waals surface area contributed by atoms with E-state index in [-0.39, 0.29) is 24.9 Å². The molecule has 0 N–H and O–H groups in total. The first-order valence-corrected chi connectivity index (χ1v) is 6.80. The summed E-state index contributed by atoms with van der Waals surface area (Å²) in [5.74, 6) is -0.130. The van der Waals surface area contributed by atoms with Crippen molar-refractivity contribution < 1.29 is 13.9 Å². The third kappa shape index (κ3) is 4.20. The van der Waals surface area contributed by atoms with Crippen molar-refractivity contribution in [3.63, 3.8) is 0 Å². The molecule has 2 aromatic carbocycles. The number of carbonyl (C=O) groups excluding carboxylic acids is 1. The molecule has 1 amide bonds. The van der Waals surface area contributed by atoms with Gasteiger partial charge in [-0.3, -0.25) is 4.79 Å². The fraction of sp³-hybridized carbons (Fsp3) is 0.188. The van der Waals surface area contributed by atoms with Gasteiger partial charge in [0, 0.05) is 19.2 Å². The Morgan fingerprint density at radius 1 is 1.19 bits per heavy atom. The van der Waals surface area contributed by atoms with Crippen molar-refractivity contribution in [3.8, 4) is 5.75 Å². The number of nitrogens with zero attached hydrogens (tertiary/aromatic N) is 1. The molecule has 0 aromatic heterocycles. The van der Waals surface area contributed by atoms with Crippen LogP contribution in [0.2, 0.25) is 5.02 Å². The Hall–Kier alpha value is -2.07. The largest absolute Gasteiger partial charge is 0.482 e. The zero-order valence-electron chi connectivity index (χ0n) is 11.6. The Labute approximate surface area is 127 Å². The molecular formula is C16H15ClFNO2. The van der Waals surface area contributed by atoms with Crippen LogP contribution in [0, 0.1) is 5.82 Å². The van der Waals surface area contributed by atoms with E-state index in [4.69, 9.17) is 16.3 Å². The maximum atomic E-state index is 13.5. The van der Waals surface area contributed by atoms with Crippen LogP contribution in [-0.2, 0) is 11.3 Å². The summed E-state index contributed by atoms with van der Waals surface area (Å²) in [7, 11) is 1.60. The molecule has 0 spiro atoms. The average molecular weight is 308 g/mol. The molecule has 0 fully saturated rings. The molecule has 3 nitrogen and oxygen atoms in total. The molecule has 110 valence electrons. The van der Waals surface area contributed by atoms with Gasteiger partial charge in [-0.25, -0.2) is 4.39 Å².